The largest absolute Gasteiger partial charge is 0.313 e. The number of hydrogen-bond donors (Lipinski definition) is 1. The summed E-state index contributed by atoms with van der Waals surface area (Å²) in [5, 5.41) is 3.49. The molecule has 0 spiro atoms. The van der Waals surface area contributed by atoms with Crippen molar-refractivity contribution in [3.8, 4) is 0 Å². The van der Waals surface area contributed by atoms with Crippen LogP contribution < -0.4 is 5.32 Å². The minimum Gasteiger partial charge on any atom is -0.313 e. The fourth-order valence-corrected chi connectivity index (χ4v) is 2.93. The van der Waals surface area contributed by atoms with E-state index in [-0.39, 0.29) is 11.1 Å². The molecule has 13 heavy (non-hydrogen) atoms. The molecule has 2 nitrogen and oxygen atoms in total. The summed E-state index contributed by atoms with van der Waals surface area (Å²) in [4.78, 5) is 2.62. The second kappa shape index (κ2) is 3.25. The fourth-order valence-electron chi connectivity index (χ4n) is 2.93. The van der Waals surface area contributed by atoms with E-state index in [0.29, 0.717) is 6.04 Å². The molecule has 1 aliphatic heterocycles. The standard InChI is InChI=1S/C11H24N2/c1-9-7-12-8-11(5,6)13(9)10(2,3)4/h9,12H,7-8H2,1-6H3. The molecular formula is C11H24N2. The lowest BCUT2D eigenvalue weighted by Crippen LogP contribution is -2.67. The van der Waals surface area contributed by atoms with Crippen LogP contribution in [0.5, 0.6) is 0 Å². The van der Waals surface area contributed by atoms with E-state index in [1.807, 2.05) is 0 Å². The summed E-state index contributed by atoms with van der Waals surface area (Å²) in [5.74, 6) is 0. The quantitative estimate of drug-likeness (QED) is 0.618. The molecule has 1 N–H and O–H groups in total. The molecule has 2 heteroatoms. The van der Waals surface area contributed by atoms with Crippen molar-refractivity contribution in [2.45, 2.75) is 58.7 Å². The summed E-state index contributed by atoms with van der Waals surface area (Å²) in [6.07, 6.45) is 0. The topological polar surface area (TPSA) is 15.3 Å². The number of hydrogen-bond acceptors (Lipinski definition) is 2. The zero-order valence-corrected chi connectivity index (χ0v) is 9.94. The molecule has 1 rings (SSSR count). The predicted molar refractivity (Wildman–Crippen MR) is 58.0 cm³/mol. The molecule has 78 valence electrons. The Morgan fingerprint density at radius 2 is 1.85 bits per heavy atom. The second-order valence-corrected chi connectivity index (χ2v) is 5.83. The van der Waals surface area contributed by atoms with Gasteiger partial charge in [-0.1, -0.05) is 0 Å². The van der Waals surface area contributed by atoms with Crippen LogP contribution in [0.15, 0.2) is 0 Å². The summed E-state index contributed by atoms with van der Waals surface area (Å²) >= 11 is 0. The minimum atomic E-state index is 0.269. The Kier molecular flexibility index (Phi) is 2.75. The number of nitrogens with zero attached hydrogens (tertiary/aromatic N) is 1. The van der Waals surface area contributed by atoms with Crippen molar-refractivity contribution >= 4 is 0 Å². The molecule has 1 unspecified atom stereocenters. The van der Waals surface area contributed by atoms with Crippen molar-refractivity contribution in [3.05, 3.63) is 0 Å². The monoisotopic (exact) mass is 184 g/mol. The van der Waals surface area contributed by atoms with Crippen LogP contribution in [0.1, 0.15) is 41.5 Å². The number of nitrogens with one attached hydrogen (secondary N) is 1. The molecular weight excluding hydrogens is 160 g/mol. The molecule has 0 amide bonds. The Morgan fingerprint density at radius 3 is 2.15 bits per heavy atom. The Labute approximate surface area is 82.7 Å². The summed E-state index contributed by atoms with van der Waals surface area (Å²) in [6, 6.07) is 0.628. The normalized spacial score (nSPS) is 30.5. The maximum atomic E-state index is 3.49. The average molecular weight is 184 g/mol. The van der Waals surface area contributed by atoms with Gasteiger partial charge < -0.3 is 5.32 Å². The van der Waals surface area contributed by atoms with Crippen molar-refractivity contribution in [1.82, 2.24) is 10.2 Å². The molecule has 0 aliphatic carbocycles. The van der Waals surface area contributed by atoms with Crippen molar-refractivity contribution in [1.29, 1.82) is 0 Å². The van der Waals surface area contributed by atoms with E-state index in [0.717, 1.165) is 13.1 Å². The molecule has 1 heterocycles. The van der Waals surface area contributed by atoms with Crippen LogP contribution in [0.2, 0.25) is 0 Å². The zero-order chi connectivity index (χ0) is 10.3. The van der Waals surface area contributed by atoms with Crippen molar-refractivity contribution in [3.63, 3.8) is 0 Å². The maximum absolute atomic E-state index is 3.49. The Bertz CT molecular complexity index is 179. The first-order valence-electron chi connectivity index (χ1n) is 5.25. The fraction of sp³-hybridized carbons (Fsp3) is 1.00. The third-order valence-electron chi connectivity index (χ3n) is 2.81. The first kappa shape index (κ1) is 11.0. The molecule has 0 saturated carbocycles. The van der Waals surface area contributed by atoms with Crippen LogP contribution in [-0.4, -0.2) is 35.1 Å². The van der Waals surface area contributed by atoms with E-state index in [4.69, 9.17) is 0 Å². The molecule has 1 fully saturated rings. The van der Waals surface area contributed by atoms with E-state index in [1.165, 1.54) is 0 Å². The van der Waals surface area contributed by atoms with Crippen molar-refractivity contribution in [2.24, 2.45) is 0 Å². The van der Waals surface area contributed by atoms with Gasteiger partial charge in [0.2, 0.25) is 0 Å². The van der Waals surface area contributed by atoms with Crippen LogP contribution in [-0.2, 0) is 0 Å². The van der Waals surface area contributed by atoms with Crippen LogP contribution >= 0.6 is 0 Å². The third-order valence-corrected chi connectivity index (χ3v) is 2.81. The van der Waals surface area contributed by atoms with Gasteiger partial charge in [-0.25, -0.2) is 0 Å². The molecule has 0 aromatic heterocycles. The van der Waals surface area contributed by atoms with Crippen molar-refractivity contribution in [2.75, 3.05) is 13.1 Å². The van der Waals surface area contributed by atoms with E-state index >= 15 is 0 Å². The average Bonchev–Trinajstić information content (AvgIpc) is 1.79. The first-order valence-corrected chi connectivity index (χ1v) is 5.25. The molecule has 0 aromatic carbocycles. The highest BCUT2D eigenvalue weighted by molar-refractivity contribution is 4.98. The van der Waals surface area contributed by atoms with Gasteiger partial charge in [0, 0.05) is 30.2 Å². The smallest absolute Gasteiger partial charge is 0.0286 e. The highest BCUT2D eigenvalue weighted by Crippen LogP contribution is 2.29. The molecule has 0 bridgehead atoms. The molecule has 1 aliphatic rings. The lowest BCUT2D eigenvalue weighted by Gasteiger charge is -2.54. The van der Waals surface area contributed by atoms with Crippen LogP contribution in [0.25, 0.3) is 0 Å². The SMILES string of the molecule is CC1CNCC(C)(C)N1C(C)(C)C. The summed E-state index contributed by atoms with van der Waals surface area (Å²) in [7, 11) is 0. The lowest BCUT2D eigenvalue weighted by atomic mass is 9.89. The first-order chi connectivity index (χ1) is 5.75. The molecule has 1 saturated heterocycles. The summed E-state index contributed by atoms with van der Waals surface area (Å²) in [6.45, 7) is 16.1. The third kappa shape index (κ3) is 2.23. The lowest BCUT2D eigenvalue weighted by molar-refractivity contribution is -0.0298. The van der Waals surface area contributed by atoms with E-state index < -0.39 is 0 Å². The molecule has 0 aromatic rings. The Morgan fingerprint density at radius 1 is 1.31 bits per heavy atom. The number of piperazine rings is 1. The summed E-state index contributed by atoms with van der Waals surface area (Å²) in [5.41, 5.74) is 0.543. The van der Waals surface area contributed by atoms with E-state index in [9.17, 15) is 0 Å². The van der Waals surface area contributed by atoms with Crippen LogP contribution in [0.3, 0.4) is 0 Å². The van der Waals surface area contributed by atoms with E-state index in [2.05, 4.69) is 51.8 Å². The minimum absolute atomic E-state index is 0.269. The van der Waals surface area contributed by atoms with Gasteiger partial charge in [-0.15, -0.1) is 0 Å². The van der Waals surface area contributed by atoms with Crippen LogP contribution in [0.4, 0.5) is 0 Å². The number of rotatable bonds is 0. The van der Waals surface area contributed by atoms with Crippen LogP contribution in [0, 0.1) is 0 Å². The zero-order valence-electron chi connectivity index (χ0n) is 9.94. The van der Waals surface area contributed by atoms with Crippen molar-refractivity contribution < 1.29 is 0 Å². The van der Waals surface area contributed by atoms with Gasteiger partial charge >= 0.3 is 0 Å². The predicted octanol–water partition coefficient (Wildman–Crippen LogP) is 1.86. The Balaban J connectivity index is 2.87. The van der Waals surface area contributed by atoms with Gasteiger partial charge in [0.1, 0.15) is 0 Å². The van der Waals surface area contributed by atoms with Gasteiger partial charge in [-0.2, -0.15) is 0 Å². The molecule has 0 radical (unpaired) electrons. The van der Waals surface area contributed by atoms with Gasteiger partial charge in [-0.05, 0) is 41.5 Å². The highest BCUT2D eigenvalue weighted by Gasteiger charge is 2.40. The Hall–Kier alpha value is -0.0800. The van der Waals surface area contributed by atoms with Gasteiger partial charge in [-0.3, -0.25) is 4.90 Å². The van der Waals surface area contributed by atoms with Gasteiger partial charge in [0.15, 0.2) is 0 Å². The maximum Gasteiger partial charge on any atom is 0.0286 e. The molecule has 1 atom stereocenters. The second-order valence-electron chi connectivity index (χ2n) is 5.83. The van der Waals surface area contributed by atoms with E-state index in [1.54, 1.807) is 0 Å². The summed E-state index contributed by atoms with van der Waals surface area (Å²) < 4.78 is 0. The van der Waals surface area contributed by atoms with Gasteiger partial charge in [0.25, 0.3) is 0 Å². The highest BCUT2D eigenvalue weighted by atomic mass is 15.3. The van der Waals surface area contributed by atoms with Gasteiger partial charge in [0.05, 0.1) is 0 Å².